The molecular formula is C12H17NO4. The van der Waals surface area contributed by atoms with Crippen LogP contribution in [0.5, 0.6) is 0 Å². The number of carboxylic acid groups (broad SMARTS) is 1. The fourth-order valence-corrected chi connectivity index (χ4v) is 1.39. The van der Waals surface area contributed by atoms with Gasteiger partial charge < -0.3 is 14.8 Å². The normalized spacial score (nSPS) is 15.9. The van der Waals surface area contributed by atoms with E-state index in [0.29, 0.717) is 5.76 Å². The Hall–Kier alpha value is -1.78. The third kappa shape index (κ3) is 3.34. The van der Waals surface area contributed by atoms with Crippen molar-refractivity contribution in [1.29, 1.82) is 0 Å². The van der Waals surface area contributed by atoms with E-state index < -0.39 is 17.8 Å². The van der Waals surface area contributed by atoms with Crippen LogP contribution in [0.25, 0.3) is 0 Å². The number of carbonyl (C=O) groups is 2. The molecule has 94 valence electrons. The molecule has 0 bridgehead atoms. The molecule has 1 aromatic heterocycles. The summed E-state index contributed by atoms with van der Waals surface area (Å²) in [5.41, 5.74) is 0. The van der Waals surface area contributed by atoms with Crippen molar-refractivity contribution in [2.75, 3.05) is 0 Å². The molecule has 5 heteroatoms. The fraction of sp³-hybridized carbons (Fsp3) is 0.500. The molecule has 0 spiro atoms. The standard InChI is InChI=1S/C12H17NO4/c1-7(8(2)12(15)16)11(14)13-9(3)10-5-4-6-17-10/h4-9H,1-3H3,(H,13,14)(H,15,16)/t7?,8?,9-/m0/s1. The van der Waals surface area contributed by atoms with Crippen molar-refractivity contribution in [1.82, 2.24) is 5.32 Å². The van der Waals surface area contributed by atoms with Crippen molar-refractivity contribution >= 4 is 11.9 Å². The van der Waals surface area contributed by atoms with Gasteiger partial charge in [0.15, 0.2) is 0 Å². The van der Waals surface area contributed by atoms with Crippen LogP contribution in [0.15, 0.2) is 22.8 Å². The van der Waals surface area contributed by atoms with E-state index in [1.807, 2.05) is 0 Å². The van der Waals surface area contributed by atoms with E-state index in [4.69, 9.17) is 9.52 Å². The molecule has 0 aliphatic heterocycles. The van der Waals surface area contributed by atoms with Gasteiger partial charge in [-0.1, -0.05) is 13.8 Å². The van der Waals surface area contributed by atoms with E-state index in [2.05, 4.69) is 5.32 Å². The van der Waals surface area contributed by atoms with Crippen molar-refractivity contribution < 1.29 is 19.1 Å². The summed E-state index contributed by atoms with van der Waals surface area (Å²) < 4.78 is 5.15. The Morgan fingerprint density at radius 3 is 2.41 bits per heavy atom. The van der Waals surface area contributed by atoms with Gasteiger partial charge in [-0.2, -0.15) is 0 Å². The second-order valence-corrected chi connectivity index (χ2v) is 4.16. The summed E-state index contributed by atoms with van der Waals surface area (Å²) >= 11 is 0. The van der Waals surface area contributed by atoms with E-state index in [-0.39, 0.29) is 11.9 Å². The number of carboxylic acids is 1. The van der Waals surface area contributed by atoms with Crippen LogP contribution >= 0.6 is 0 Å². The van der Waals surface area contributed by atoms with Crippen LogP contribution < -0.4 is 5.32 Å². The van der Waals surface area contributed by atoms with Gasteiger partial charge in [-0.25, -0.2) is 0 Å². The summed E-state index contributed by atoms with van der Waals surface area (Å²) in [6, 6.07) is 3.23. The molecule has 17 heavy (non-hydrogen) atoms. The molecule has 5 nitrogen and oxygen atoms in total. The van der Waals surface area contributed by atoms with E-state index in [1.165, 1.54) is 13.2 Å². The Morgan fingerprint density at radius 2 is 1.94 bits per heavy atom. The van der Waals surface area contributed by atoms with Crippen LogP contribution in [-0.2, 0) is 9.59 Å². The summed E-state index contributed by atoms with van der Waals surface area (Å²) in [5, 5.41) is 11.5. The van der Waals surface area contributed by atoms with Gasteiger partial charge in [0.2, 0.25) is 5.91 Å². The number of hydrogen-bond donors (Lipinski definition) is 2. The minimum Gasteiger partial charge on any atom is -0.481 e. The minimum atomic E-state index is -0.974. The SMILES string of the molecule is CC(C(=O)O)C(C)C(=O)N[C@@H](C)c1ccco1. The molecule has 2 N–H and O–H groups in total. The number of aliphatic carboxylic acids is 1. The van der Waals surface area contributed by atoms with Gasteiger partial charge in [-0.05, 0) is 19.1 Å². The summed E-state index contributed by atoms with van der Waals surface area (Å²) in [6.07, 6.45) is 1.53. The molecule has 0 saturated carbocycles. The lowest BCUT2D eigenvalue weighted by molar-refractivity contribution is -0.146. The van der Waals surface area contributed by atoms with Crippen LogP contribution in [0.2, 0.25) is 0 Å². The maximum Gasteiger partial charge on any atom is 0.307 e. The molecule has 3 atom stereocenters. The predicted octanol–water partition coefficient (Wildman–Crippen LogP) is 1.81. The zero-order chi connectivity index (χ0) is 13.0. The molecule has 0 aromatic carbocycles. The first-order valence-corrected chi connectivity index (χ1v) is 5.50. The molecule has 1 rings (SSSR count). The molecule has 0 aliphatic carbocycles. The van der Waals surface area contributed by atoms with Crippen LogP contribution in [0.1, 0.15) is 32.6 Å². The summed E-state index contributed by atoms with van der Waals surface area (Å²) in [7, 11) is 0. The van der Waals surface area contributed by atoms with Crippen LogP contribution in [0.3, 0.4) is 0 Å². The highest BCUT2D eigenvalue weighted by Gasteiger charge is 2.27. The summed E-state index contributed by atoms with van der Waals surface area (Å²) in [5.74, 6) is -1.90. The molecule has 0 aliphatic rings. The van der Waals surface area contributed by atoms with Crippen LogP contribution in [-0.4, -0.2) is 17.0 Å². The van der Waals surface area contributed by atoms with E-state index in [9.17, 15) is 9.59 Å². The molecular weight excluding hydrogens is 222 g/mol. The van der Waals surface area contributed by atoms with E-state index in [1.54, 1.807) is 26.0 Å². The van der Waals surface area contributed by atoms with Crippen molar-refractivity contribution in [3.8, 4) is 0 Å². The average molecular weight is 239 g/mol. The Balaban J connectivity index is 2.57. The van der Waals surface area contributed by atoms with Crippen molar-refractivity contribution in [3.05, 3.63) is 24.2 Å². The van der Waals surface area contributed by atoms with Crippen LogP contribution in [0, 0.1) is 11.8 Å². The number of hydrogen-bond acceptors (Lipinski definition) is 3. The third-order valence-electron chi connectivity index (χ3n) is 2.88. The fourth-order valence-electron chi connectivity index (χ4n) is 1.39. The first kappa shape index (κ1) is 13.3. The average Bonchev–Trinajstić information content (AvgIpc) is 2.80. The zero-order valence-corrected chi connectivity index (χ0v) is 10.1. The third-order valence-corrected chi connectivity index (χ3v) is 2.88. The topological polar surface area (TPSA) is 79.5 Å². The second kappa shape index (κ2) is 5.52. The lowest BCUT2D eigenvalue weighted by Crippen LogP contribution is -2.36. The second-order valence-electron chi connectivity index (χ2n) is 4.16. The number of furan rings is 1. The van der Waals surface area contributed by atoms with Crippen molar-refractivity contribution in [2.24, 2.45) is 11.8 Å². The van der Waals surface area contributed by atoms with Gasteiger partial charge in [0.05, 0.1) is 18.2 Å². The predicted molar refractivity (Wildman–Crippen MR) is 61.2 cm³/mol. The summed E-state index contributed by atoms with van der Waals surface area (Å²) in [6.45, 7) is 4.90. The van der Waals surface area contributed by atoms with Crippen LogP contribution in [0.4, 0.5) is 0 Å². The summed E-state index contributed by atoms with van der Waals surface area (Å²) in [4.78, 5) is 22.5. The monoisotopic (exact) mass is 239 g/mol. The molecule has 0 fully saturated rings. The first-order chi connectivity index (χ1) is 7.93. The van der Waals surface area contributed by atoms with Crippen molar-refractivity contribution in [3.63, 3.8) is 0 Å². The highest BCUT2D eigenvalue weighted by atomic mass is 16.4. The zero-order valence-electron chi connectivity index (χ0n) is 10.1. The first-order valence-electron chi connectivity index (χ1n) is 5.50. The highest BCUT2D eigenvalue weighted by molar-refractivity contribution is 5.84. The van der Waals surface area contributed by atoms with E-state index in [0.717, 1.165) is 0 Å². The smallest absolute Gasteiger partial charge is 0.307 e. The number of rotatable bonds is 5. The number of carbonyl (C=O) groups excluding carboxylic acids is 1. The van der Waals surface area contributed by atoms with Gasteiger partial charge in [0, 0.05) is 5.92 Å². The Kier molecular flexibility index (Phi) is 4.31. The number of amides is 1. The van der Waals surface area contributed by atoms with E-state index >= 15 is 0 Å². The lowest BCUT2D eigenvalue weighted by Gasteiger charge is -2.18. The van der Waals surface area contributed by atoms with Gasteiger partial charge in [-0.15, -0.1) is 0 Å². The number of nitrogens with one attached hydrogen (secondary N) is 1. The Morgan fingerprint density at radius 1 is 1.29 bits per heavy atom. The maximum absolute atomic E-state index is 11.8. The quantitative estimate of drug-likeness (QED) is 0.821. The minimum absolute atomic E-state index is 0.263. The molecule has 1 amide bonds. The largest absolute Gasteiger partial charge is 0.481 e. The Bertz CT molecular complexity index is 385. The van der Waals surface area contributed by atoms with Gasteiger partial charge in [0.25, 0.3) is 0 Å². The Labute approximate surface area is 99.8 Å². The maximum atomic E-state index is 11.8. The molecule has 0 saturated heterocycles. The van der Waals surface area contributed by atoms with Gasteiger partial charge in [-0.3, -0.25) is 9.59 Å². The molecule has 1 heterocycles. The van der Waals surface area contributed by atoms with Gasteiger partial charge in [0.1, 0.15) is 5.76 Å². The van der Waals surface area contributed by atoms with Crippen molar-refractivity contribution in [2.45, 2.75) is 26.8 Å². The lowest BCUT2D eigenvalue weighted by atomic mass is 9.95. The van der Waals surface area contributed by atoms with Gasteiger partial charge >= 0.3 is 5.97 Å². The molecule has 2 unspecified atom stereocenters. The molecule has 1 aromatic rings. The molecule has 0 radical (unpaired) electrons. The highest BCUT2D eigenvalue weighted by Crippen LogP contribution is 2.16.